The van der Waals surface area contributed by atoms with Crippen molar-refractivity contribution in [2.24, 2.45) is 5.41 Å². The summed E-state index contributed by atoms with van der Waals surface area (Å²) in [6.07, 6.45) is 2.70. The second-order valence-corrected chi connectivity index (χ2v) is 6.73. The molecule has 0 aliphatic carbocycles. The molecule has 2 aliphatic rings. The molecule has 0 bridgehead atoms. The van der Waals surface area contributed by atoms with E-state index in [-0.39, 0.29) is 11.3 Å². The topological polar surface area (TPSA) is 58.2 Å². The average molecular weight is 299 g/mol. The normalized spacial score (nSPS) is 25.5. The van der Waals surface area contributed by atoms with E-state index in [4.69, 9.17) is 4.74 Å². The third-order valence-electron chi connectivity index (χ3n) is 4.97. The Balaban J connectivity index is 1.55. The number of nitrogens with zero attached hydrogens (tertiary/aromatic N) is 2. The molecule has 0 saturated carbocycles. The summed E-state index contributed by atoms with van der Waals surface area (Å²) < 4.78 is 5.58. The molecule has 116 valence electrons. The van der Waals surface area contributed by atoms with Gasteiger partial charge in [-0.25, -0.2) is 4.98 Å². The molecular weight excluding hydrogens is 278 g/mol. The quantitative estimate of drug-likeness (QED) is 0.926. The summed E-state index contributed by atoms with van der Waals surface area (Å²) in [5.41, 5.74) is 3.37. The number of hydrogen-bond donors (Lipinski definition) is 1. The molecular formula is C17H21N3O2. The van der Waals surface area contributed by atoms with Crippen molar-refractivity contribution in [1.29, 1.82) is 0 Å². The minimum atomic E-state index is 0.197. The Kier molecular flexibility index (Phi) is 3.18. The van der Waals surface area contributed by atoms with Crippen molar-refractivity contribution in [3.63, 3.8) is 0 Å². The van der Waals surface area contributed by atoms with Crippen LogP contribution in [0.15, 0.2) is 18.2 Å². The number of hydrogen-bond acceptors (Lipinski definition) is 3. The van der Waals surface area contributed by atoms with Gasteiger partial charge in [0.2, 0.25) is 5.91 Å². The predicted molar refractivity (Wildman–Crippen MR) is 83.4 cm³/mol. The van der Waals surface area contributed by atoms with Crippen molar-refractivity contribution in [3.05, 3.63) is 29.6 Å². The fraction of sp³-hybridized carbons (Fsp3) is 0.529. The summed E-state index contributed by atoms with van der Waals surface area (Å²) in [6.45, 7) is 5.09. The summed E-state index contributed by atoms with van der Waals surface area (Å²) in [6, 6.07) is 6.20. The Morgan fingerprint density at radius 2 is 2.32 bits per heavy atom. The van der Waals surface area contributed by atoms with E-state index in [1.165, 1.54) is 0 Å². The number of H-pyrrole nitrogens is 1. The van der Waals surface area contributed by atoms with Crippen molar-refractivity contribution in [3.8, 4) is 0 Å². The third-order valence-corrected chi connectivity index (χ3v) is 4.97. The SMILES string of the molecule is Cc1nc2ccc(CN3C[C@@]4(CCOC4)CCC3=O)cc2[nH]1. The second-order valence-electron chi connectivity index (χ2n) is 6.73. The van der Waals surface area contributed by atoms with Crippen LogP contribution < -0.4 is 0 Å². The van der Waals surface area contributed by atoms with Gasteiger partial charge >= 0.3 is 0 Å². The summed E-state index contributed by atoms with van der Waals surface area (Å²) in [5, 5.41) is 0. The highest BCUT2D eigenvalue weighted by atomic mass is 16.5. The Hall–Kier alpha value is -1.88. The molecule has 1 amide bonds. The highest BCUT2D eigenvalue weighted by Crippen LogP contribution is 2.38. The average Bonchev–Trinajstić information content (AvgIpc) is 3.09. The number of fused-ring (bicyclic) bond motifs is 1. The number of amides is 1. The summed E-state index contributed by atoms with van der Waals surface area (Å²) >= 11 is 0. The van der Waals surface area contributed by atoms with Gasteiger partial charge in [0.05, 0.1) is 17.6 Å². The highest BCUT2D eigenvalue weighted by Gasteiger charge is 2.41. The number of carbonyl (C=O) groups excluding carboxylic acids is 1. The van der Waals surface area contributed by atoms with E-state index in [0.29, 0.717) is 13.0 Å². The van der Waals surface area contributed by atoms with Gasteiger partial charge < -0.3 is 14.6 Å². The molecule has 2 aliphatic heterocycles. The van der Waals surface area contributed by atoms with Crippen LogP contribution in [0.2, 0.25) is 0 Å². The minimum absolute atomic E-state index is 0.197. The van der Waals surface area contributed by atoms with E-state index < -0.39 is 0 Å². The molecule has 1 aromatic heterocycles. The van der Waals surface area contributed by atoms with E-state index in [0.717, 1.165) is 55.0 Å². The Morgan fingerprint density at radius 1 is 1.41 bits per heavy atom. The number of rotatable bonds is 2. The number of aromatic nitrogens is 2. The van der Waals surface area contributed by atoms with E-state index in [9.17, 15) is 4.79 Å². The molecule has 1 atom stereocenters. The molecule has 22 heavy (non-hydrogen) atoms. The van der Waals surface area contributed by atoms with Crippen LogP contribution in [0.25, 0.3) is 11.0 Å². The van der Waals surface area contributed by atoms with Gasteiger partial charge in [-0.3, -0.25) is 4.79 Å². The highest BCUT2D eigenvalue weighted by molar-refractivity contribution is 5.78. The number of ether oxygens (including phenoxy) is 1. The zero-order chi connectivity index (χ0) is 15.2. The minimum Gasteiger partial charge on any atom is -0.381 e. The first-order valence-corrected chi connectivity index (χ1v) is 7.94. The van der Waals surface area contributed by atoms with Crippen LogP contribution >= 0.6 is 0 Å². The first-order valence-electron chi connectivity index (χ1n) is 7.94. The molecule has 4 rings (SSSR count). The zero-order valence-corrected chi connectivity index (χ0v) is 12.9. The number of likely N-dealkylation sites (tertiary alicyclic amines) is 1. The molecule has 5 heteroatoms. The smallest absolute Gasteiger partial charge is 0.222 e. The van der Waals surface area contributed by atoms with Crippen LogP contribution in [0.4, 0.5) is 0 Å². The fourth-order valence-electron chi connectivity index (χ4n) is 3.72. The Labute approximate surface area is 129 Å². The first kappa shape index (κ1) is 13.8. The van der Waals surface area contributed by atoms with Gasteiger partial charge in [0.15, 0.2) is 0 Å². The van der Waals surface area contributed by atoms with Crippen LogP contribution in [0.3, 0.4) is 0 Å². The fourth-order valence-corrected chi connectivity index (χ4v) is 3.72. The molecule has 0 unspecified atom stereocenters. The van der Waals surface area contributed by atoms with Gasteiger partial charge in [-0.2, -0.15) is 0 Å². The van der Waals surface area contributed by atoms with Crippen molar-refractivity contribution >= 4 is 16.9 Å². The van der Waals surface area contributed by atoms with Crippen molar-refractivity contribution in [2.75, 3.05) is 19.8 Å². The second kappa shape index (κ2) is 5.09. The number of imidazole rings is 1. The van der Waals surface area contributed by atoms with E-state index in [1.54, 1.807) is 0 Å². The lowest BCUT2D eigenvalue weighted by Crippen LogP contribution is -2.46. The van der Waals surface area contributed by atoms with Gasteiger partial charge in [0.1, 0.15) is 5.82 Å². The number of aromatic amines is 1. The third kappa shape index (κ3) is 2.39. The molecule has 1 spiro atoms. The summed E-state index contributed by atoms with van der Waals surface area (Å²) in [4.78, 5) is 22.0. The first-order chi connectivity index (χ1) is 10.6. The van der Waals surface area contributed by atoms with Gasteiger partial charge in [-0.15, -0.1) is 0 Å². The van der Waals surface area contributed by atoms with Crippen LogP contribution in [-0.2, 0) is 16.1 Å². The van der Waals surface area contributed by atoms with Gasteiger partial charge in [-0.1, -0.05) is 6.07 Å². The van der Waals surface area contributed by atoms with Gasteiger partial charge in [0.25, 0.3) is 0 Å². The molecule has 1 N–H and O–H groups in total. The van der Waals surface area contributed by atoms with E-state index >= 15 is 0 Å². The lowest BCUT2D eigenvalue weighted by atomic mass is 9.79. The lowest BCUT2D eigenvalue weighted by molar-refractivity contribution is -0.138. The van der Waals surface area contributed by atoms with Gasteiger partial charge in [0, 0.05) is 31.5 Å². The summed E-state index contributed by atoms with van der Waals surface area (Å²) in [5.74, 6) is 1.18. The Morgan fingerprint density at radius 3 is 3.14 bits per heavy atom. The van der Waals surface area contributed by atoms with E-state index in [2.05, 4.69) is 22.1 Å². The number of benzene rings is 1. The lowest BCUT2D eigenvalue weighted by Gasteiger charge is -2.39. The maximum atomic E-state index is 12.3. The van der Waals surface area contributed by atoms with Crippen LogP contribution in [-0.4, -0.2) is 40.5 Å². The zero-order valence-electron chi connectivity index (χ0n) is 12.9. The molecule has 1 aromatic carbocycles. The molecule has 5 nitrogen and oxygen atoms in total. The predicted octanol–water partition coefficient (Wildman–Crippen LogP) is 2.40. The van der Waals surface area contributed by atoms with Crippen LogP contribution in [0.5, 0.6) is 0 Å². The maximum Gasteiger partial charge on any atom is 0.222 e. The molecule has 0 radical (unpaired) electrons. The number of aryl methyl sites for hydroxylation is 1. The Bertz CT molecular complexity index is 716. The van der Waals surface area contributed by atoms with Crippen LogP contribution in [0.1, 0.15) is 30.7 Å². The van der Waals surface area contributed by atoms with Gasteiger partial charge in [-0.05, 0) is 37.5 Å². The number of carbonyl (C=O) groups is 1. The number of piperidine rings is 1. The molecule has 3 heterocycles. The monoisotopic (exact) mass is 299 g/mol. The standard InChI is InChI=1S/C17H21N3O2/c1-12-18-14-3-2-13(8-15(14)19-12)9-20-10-17(5-4-16(20)21)6-7-22-11-17/h2-3,8H,4-7,9-11H2,1H3,(H,18,19)/t17-/m0/s1. The van der Waals surface area contributed by atoms with E-state index in [1.807, 2.05) is 17.9 Å². The van der Waals surface area contributed by atoms with Crippen molar-refractivity contribution < 1.29 is 9.53 Å². The molecule has 2 aromatic rings. The molecule has 2 saturated heterocycles. The number of nitrogens with one attached hydrogen (secondary N) is 1. The van der Waals surface area contributed by atoms with Crippen LogP contribution in [0, 0.1) is 12.3 Å². The van der Waals surface area contributed by atoms with Crippen molar-refractivity contribution in [2.45, 2.75) is 32.7 Å². The summed E-state index contributed by atoms with van der Waals surface area (Å²) in [7, 11) is 0. The maximum absolute atomic E-state index is 12.3. The van der Waals surface area contributed by atoms with Crippen molar-refractivity contribution in [1.82, 2.24) is 14.9 Å². The largest absolute Gasteiger partial charge is 0.381 e. The molecule has 2 fully saturated rings.